The van der Waals surface area contributed by atoms with Crippen molar-refractivity contribution in [1.82, 2.24) is 4.98 Å². The monoisotopic (exact) mass is 226 g/mol. The SMILES string of the molecule is Nc1ccc2c(c1)CCN2c1cnccc1N. The molecule has 0 bridgehead atoms. The molecule has 0 saturated carbocycles. The van der Waals surface area contributed by atoms with Crippen LogP contribution in [-0.2, 0) is 6.42 Å². The third-order valence-electron chi connectivity index (χ3n) is 3.12. The van der Waals surface area contributed by atoms with E-state index >= 15 is 0 Å². The van der Waals surface area contributed by atoms with E-state index in [4.69, 9.17) is 11.5 Å². The molecule has 2 heterocycles. The lowest BCUT2D eigenvalue weighted by Crippen LogP contribution is -2.15. The number of hydrogen-bond acceptors (Lipinski definition) is 4. The van der Waals surface area contributed by atoms with Gasteiger partial charge in [0.25, 0.3) is 0 Å². The van der Waals surface area contributed by atoms with Crippen LogP contribution in [0.25, 0.3) is 0 Å². The summed E-state index contributed by atoms with van der Waals surface area (Å²) in [7, 11) is 0. The molecule has 3 rings (SSSR count). The van der Waals surface area contributed by atoms with E-state index in [1.54, 1.807) is 12.4 Å². The number of aromatic nitrogens is 1. The highest BCUT2D eigenvalue weighted by molar-refractivity contribution is 5.78. The first-order valence-corrected chi connectivity index (χ1v) is 5.61. The van der Waals surface area contributed by atoms with Crippen LogP contribution in [0.15, 0.2) is 36.7 Å². The van der Waals surface area contributed by atoms with Crippen LogP contribution in [0.3, 0.4) is 0 Å². The zero-order valence-corrected chi connectivity index (χ0v) is 9.43. The molecule has 0 atom stereocenters. The van der Waals surface area contributed by atoms with E-state index in [2.05, 4.69) is 9.88 Å². The average molecular weight is 226 g/mol. The molecule has 2 aromatic rings. The topological polar surface area (TPSA) is 68.2 Å². The Bertz CT molecular complexity index is 565. The van der Waals surface area contributed by atoms with Crippen molar-refractivity contribution in [3.05, 3.63) is 42.2 Å². The fourth-order valence-corrected chi connectivity index (χ4v) is 2.29. The second-order valence-electron chi connectivity index (χ2n) is 4.22. The van der Waals surface area contributed by atoms with Crippen molar-refractivity contribution in [3.63, 3.8) is 0 Å². The number of hydrogen-bond donors (Lipinski definition) is 2. The number of anilines is 4. The molecular weight excluding hydrogens is 212 g/mol. The molecule has 86 valence electrons. The maximum Gasteiger partial charge on any atom is 0.0830 e. The Labute approximate surface area is 99.9 Å². The number of fused-ring (bicyclic) bond motifs is 1. The number of rotatable bonds is 1. The van der Waals surface area contributed by atoms with Crippen molar-refractivity contribution in [3.8, 4) is 0 Å². The zero-order chi connectivity index (χ0) is 11.8. The maximum atomic E-state index is 5.98. The van der Waals surface area contributed by atoms with Gasteiger partial charge in [0, 0.05) is 24.1 Å². The van der Waals surface area contributed by atoms with Crippen molar-refractivity contribution in [2.24, 2.45) is 0 Å². The Kier molecular flexibility index (Phi) is 2.14. The summed E-state index contributed by atoms with van der Waals surface area (Å²) in [4.78, 5) is 6.33. The molecule has 0 saturated heterocycles. The molecule has 4 nitrogen and oxygen atoms in total. The van der Waals surface area contributed by atoms with Crippen LogP contribution >= 0.6 is 0 Å². The van der Waals surface area contributed by atoms with Crippen LogP contribution in [0.2, 0.25) is 0 Å². The van der Waals surface area contributed by atoms with Gasteiger partial charge < -0.3 is 16.4 Å². The summed E-state index contributed by atoms with van der Waals surface area (Å²) in [6.07, 6.45) is 4.51. The van der Waals surface area contributed by atoms with E-state index in [9.17, 15) is 0 Å². The van der Waals surface area contributed by atoms with E-state index in [1.807, 2.05) is 24.3 Å². The van der Waals surface area contributed by atoms with Gasteiger partial charge in [0.1, 0.15) is 0 Å². The average Bonchev–Trinajstić information content (AvgIpc) is 2.72. The molecule has 1 aromatic heterocycles. The molecule has 1 aliphatic rings. The van der Waals surface area contributed by atoms with Crippen molar-refractivity contribution >= 4 is 22.7 Å². The van der Waals surface area contributed by atoms with Crippen LogP contribution in [0, 0.1) is 0 Å². The highest BCUT2D eigenvalue weighted by Crippen LogP contribution is 2.37. The van der Waals surface area contributed by atoms with E-state index in [0.29, 0.717) is 0 Å². The van der Waals surface area contributed by atoms with Gasteiger partial charge in [-0.15, -0.1) is 0 Å². The lowest BCUT2D eigenvalue weighted by Gasteiger charge is -2.20. The van der Waals surface area contributed by atoms with E-state index in [-0.39, 0.29) is 0 Å². The van der Waals surface area contributed by atoms with Crippen LogP contribution in [0.5, 0.6) is 0 Å². The highest BCUT2D eigenvalue weighted by atomic mass is 15.2. The van der Waals surface area contributed by atoms with Gasteiger partial charge in [0.15, 0.2) is 0 Å². The van der Waals surface area contributed by atoms with Gasteiger partial charge in [-0.05, 0) is 36.2 Å². The van der Waals surface area contributed by atoms with E-state index in [0.717, 1.165) is 30.0 Å². The number of pyridine rings is 1. The second-order valence-corrected chi connectivity index (χ2v) is 4.22. The van der Waals surface area contributed by atoms with Crippen LogP contribution in [0.1, 0.15) is 5.56 Å². The number of benzene rings is 1. The minimum atomic E-state index is 0.754. The minimum absolute atomic E-state index is 0.754. The summed E-state index contributed by atoms with van der Waals surface area (Å²) in [5, 5.41) is 0. The minimum Gasteiger partial charge on any atom is -0.399 e. The highest BCUT2D eigenvalue weighted by Gasteiger charge is 2.21. The first-order valence-electron chi connectivity index (χ1n) is 5.61. The number of nitrogens with zero attached hydrogens (tertiary/aromatic N) is 2. The van der Waals surface area contributed by atoms with Crippen molar-refractivity contribution < 1.29 is 0 Å². The van der Waals surface area contributed by atoms with Crippen LogP contribution in [-0.4, -0.2) is 11.5 Å². The van der Waals surface area contributed by atoms with Gasteiger partial charge in [0.05, 0.1) is 17.6 Å². The number of nitrogen functional groups attached to an aromatic ring is 2. The molecular formula is C13H14N4. The normalized spacial score (nSPS) is 13.8. The summed E-state index contributed by atoms with van der Waals surface area (Å²) in [5.74, 6) is 0. The van der Waals surface area contributed by atoms with Gasteiger partial charge in [-0.2, -0.15) is 0 Å². The summed E-state index contributed by atoms with van der Waals surface area (Å²) in [6.45, 7) is 0.925. The fourth-order valence-electron chi connectivity index (χ4n) is 2.29. The molecule has 0 spiro atoms. The molecule has 4 N–H and O–H groups in total. The molecule has 0 unspecified atom stereocenters. The van der Waals surface area contributed by atoms with Gasteiger partial charge in [-0.25, -0.2) is 0 Å². The van der Waals surface area contributed by atoms with E-state index < -0.39 is 0 Å². The molecule has 0 fully saturated rings. The van der Waals surface area contributed by atoms with Crippen molar-refractivity contribution in [2.45, 2.75) is 6.42 Å². The standard InChI is InChI=1S/C13H14N4/c14-10-1-2-12-9(7-10)4-6-17(12)13-8-16-5-3-11(13)15/h1-3,5,7-8H,4,6,14H2,(H2,15,16). The Morgan fingerprint density at radius 2 is 2.00 bits per heavy atom. The van der Waals surface area contributed by atoms with Gasteiger partial charge in [0.2, 0.25) is 0 Å². The summed E-state index contributed by atoms with van der Waals surface area (Å²) < 4.78 is 0. The lowest BCUT2D eigenvalue weighted by atomic mass is 10.1. The first-order chi connectivity index (χ1) is 8.25. The lowest BCUT2D eigenvalue weighted by molar-refractivity contribution is 0.994. The Balaban J connectivity index is 2.07. The first kappa shape index (κ1) is 9.96. The van der Waals surface area contributed by atoms with E-state index in [1.165, 1.54) is 11.3 Å². The predicted molar refractivity (Wildman–Crippen MR) is 70.2 cm³/mol. The summed E-state index contributed by atoms with van der Waals surface area (Å²) >= 11 is 0. The smallest absolute Gasteiger partial charge is 0.0830 e. The predicted octanol–water partition coefficient (Wildman–Crippen LogP) is 1.94. The van der Waals surface area contributed by atoms with Gasteiger partial charge in [-0.3, -0.25) is 4.98 Å². The van der Waals surface area contributed by atoms with Gasteiger partial charge >= 0.3 is 0 Å². The Morgan fingerprint density at radius 3 is 2.82 bits per heavy atom. The van der Waals surface area contributed by atoms with Crippen LogP contribution < -0.4 is 16.4 Å². The fraction of sp³-hybridized carbons (Fsp3) is 0.154. The summed E-state index contributed by atoms with van der Waals surface area (Å²) in [5.41, 5.74) is 16.8. The Morgan fingerprint density at radius 1 is 1.12 bits per heavy atom. The van der Waals surface area contributed by atoms with Gasteiger partial charge in [-0.1, -0.05) is 0 Å². The molecule has 1 aliphatic heterocycles. The molecule has 4 heteroatoms. The van der Waals surface area contributed by atoms with Crippen molar-refractivity contribution in [2.75, 3.05) is 22.9 Å². The number of nitrogens with two attached hydrogens (primary N) is 2. The van der Waals surface area contributed by atoms with Crippen LogP contribution in [0.4, 0.5) is 22.7 Å². The largest absolute Gasteiger partial charge is 0.399 e. The quantitative estimate of drug-likeness (QED) is 0.729. The van der Waals surface area contributed by atoms with Crippen molar-refractivity contribution in [1.29, 1.82) is 0 Å². The molecule has 0 aliphatic carbocycles. The molecule has 17 heavy (non-hydrogen) atoms. The molecule has 1 aromatic carbocycles. The third kappa shape index (κ3) is 1.58. The maximum absolute atomic E-state index is 5.98. The third-order valence-corrected chi connectivity index (χ3v) is 3.12. The Hall–Kier alpha value is -2.23. The molecule has 0 amide bonds. The molecule has 0 radical (unpaired) electrons. The second kappa shape index (κ2) is 3.66. The zero-order valence-electron chi connectivity index (χ0n) is 9.43. The summed E-state index contributed by atoms with van der Waals surface area (Å²) in [6, 6.07) is 7.82.